The summed E-state index contributed by atoms with van der Waals surface area (Å²) in [7, 11) is 0. The fourth-order valence-electron chi connectivity index (χ4n) is 3.92. The Kier molecular flexibility index (Phi) is 4.20. The summed E-state index contributed by atoms with van der Waals surface area (Å²) in [6, 6.07) is 2.42. The number of aliphatic hydroxyl groups is 1. The van der Waals surface area contributed by atoms with Gasteiger partial charge in [-0.1, -0.05) is 12.8 Å². The van der Waals surface area contributed by atoms with E-state index in [0.29, 0.717) is 18.0 Å². The first kappa shape index (κ1) is 15.8. The number of aromatic amines is 1. The summed E-state index contributed by atoms with van der Waals surface area (Å²) in [4.78, 5) is 11.7. The maximum atomic E-state index is 9.57. The van der Waals surface area contributed by atoms with E-state index in [0.717, 1.165) is 35.0 Å². The highest BCUT2D eigenvalue weighted by Gasteiger charge is 2.27. The molecular weight excluding hydrogens is 316 g/mol. The van der Waals surface area contributed by atoms with E-state index < -0.39 is 0 Å². The molecule has 0 spiro atoms. The third kappa shape index (κ3) is 2.79. The summed E-state index contributed by atoms with van der Waals surface area (Å²) >= 11 is 0. The first-order chi connectivity index (χ1) is 12.3. The van der Waals surface area contributed by atoms with Crippen LogP contribution in [0.25, 0.3) is 22.3 Å². The van der Waals surface area contributed by atoms with E-state index in [1.54, 1.807) is 12.4 Å². The second-order valence-electron chi connectivity index (χ2n) is 6.60. The van der Waals surface area contributed by atoms with Gasteiger partial charge in [-0.3, -0.25) is 4.68 Å². The van der Waals surface area contributed by atoms with Gasteiger partial charge in [0.2, 0.25) is 0 Å². The summed E-state index contributed by atoms with van der Waals surface area (Å²) in [5.41, 5.74) is 3.10. The third-order valence-corrected chi connectivity index (χ3v) is 5.18. The van der Waals surface area contributed by atoms with Gasteiger partial charge in [-0.25, -0.2) is 9.97 Å². The number of rotatable bonds is 5. The normalized spacial score (nSPS) is 16.3. The van der Waals surface area contributed by atoms with Crippen LogP contribution < -0.4 is 0 Å². The van der Waals surface area contributed by atoms with E-state index in [1.165, 1.54) is 19.2 Å². The highest BCUT2D eigenvalue weighted by molar-refractivity contribution is 5.93. The number of fused-ring (bicyclic) bond motifs is 1. The van der Waals surface area contributed by atoms with Gasteiger partial charge in [-0.15, -0.1) is 0 Å². The SMILES string of the molecule is N#CC[C@H](C1CCCC1)n1cc(-c2ncnc3[nH]cc(CO)c23)cn1. The first-order valence-electron chi connectivity index (χ1n) is 8.65. The highest BCUT2D eigenvalue weighted by atomic mass is 16.3. The lowest BCUT2D eigenvalue weighted by Crippen LogP contribution is -2.17. The van der Waals surface area contributed by atoms with Gasteiger partial charge < -0.3 is 10.1 Å². The van der Waals surface area contributed by atoms with Crippen LogP contribution in [0, 0.1) is 17.2 Å². The predicted molar refractivity (Wildman–Crippen MR) is 92.3 cm³/mol. The zero-order chi connectivity index (χ0) is 17.2. The van der Waals surface area contributed by atoms with Gasteiger partial charge in [-0.05, 0) is 18.8 Å². The molecule has 3 aromatic rings. The van der Waals surface area contributed by atoms with Crippen molar-refractivity contribution >= 4 is 11.0 Å². The average molecular weight is 336 g/mol. The molecule has 25 heavy (non-hydrogen) atoms. The van der Waals surface area contributed by atoms with Crippen LogP contribution in [0.2, 0.25) is 0 Å². The summed E-state index contributed by atoms with van der Waals surface area (Å²) < 4.78 is 1.92. The molecule has 0 aliphatic heterocycles. The van der Waals surface area contributed by atoms with E-state index in [2.05, 4.69) is 26.1 Å². The van der Waals surface area contributed by atoms with Gasteiger partial charge in [-0.2, -0.15) is 10.4 Å². The Hall–Kier alpha value is -2.72. The molecule has 1 aliphatic carbocycles. The zero-order valence-electron chi connectivity index (χ0n) is 13.9. The average Bonchev–Trinajstić information content (AvgIpc) is 3.39. The molecule has 128 valence electrons. The fourth-order valence-corrected chi connectivity index (χ4v) is 3.92. The molecule has 0 unspecified atom stereocenters. The molecule has 7 nitrogen and oxygen atoms in total. The van der Waals surface area contributed by atoms with Gasteiger partial charge >= 0.3 is 0 Å². The molecule has 4 rings (SSSR count). The maximum absolute atomic E-state index is 9.57. The quantitative estimate of drug-likeness (QED) is 0.745. The lowest BCUT2D eigenvalue weighted by atomic mass is 9.96. The maximum Gasteiger partial charge on any atom is 0.141 e. The number of nitrogens with zero attached hydrogens (tertiary/aromatic N) is 5. The standard InChI is InChI=1S/C18H20N6O/c19-6-5-15(12-3-1-2-4-12)24-9-13(8-23-24)17-16-14(10-25)7-20-18(16)22-11-21-17/h7-9,11-12,15,25H,1-5,10H2,(H,20,21,22)/t15-/m1/s1. The number of H-pyrrole nitrogens is 1. The Bertz CT molecular complexity index is 915. The van der Waals surface area contributed by atoms with E-state index in [9.17, 15) is 10.4 Å². The molecule has 7 heteroatoms. The van der Waals surface area contributed by atoms with Crippen molar-refractivity contribution in [2.45, 2.75) is 44.8 Å². The fraction of sp³-hybridized carbons (Fsp3) is 0.444. The Balaban J connectivity index is 1.74. The van der Waals surface area contributed by atoms with E-state index in [1.807, 2.05) is 10.9 Å². The number of aliphatic hydroxyl groups excluding tert-OH is 1. The number of hydrogen-bond acceptors (Lipinski definition) is 5. The molecule has 0 bridgehead atoms. The van der Waals surface area contributed by atoms with Crippen LogP contribution in [0.15, 0.2) is 24.9 Å². The molecule has 0 saturated heterocycles. The third-order valence-electron chi connectivity index (χ3n) is 5.18. The van der Waals surface area contributed by atoms with E-state index in [4.69, 9.17) is 0 Å². The van der Waals surface area contributed by atoms with E-state index in [-0.39, 0.29) is 12.6 Å². The summed E-state index contributed by atoms with van der Waals surface area (Å²) in [6.45, 7) is -0.0758. The second kappa shape index (κ2) is 6.65. The smallest absolute Gasteiger partial charge is 0.141 e. The molecule has 0 radical (unpaired) electrons. The van der Waals surface area contributed by atoms with Crippen molar-refractivity contribution in [1.82, 2.24) is 24.7 Å². The van der Waals surface area contributed by atoms with Crippen LogP contribution >= 0.6 is 0 Å². The molecule has 0 amide bonds. The van der Waals surface area contributed by atoms with Crippen LogP contribution in [0.1, 0.15) is 43.7 Å². The van der Waals surface area contributed by atoms with Crippen molar-refractivity contribution in [3.63, 3.8) is 0 Å². The highest BCUT2D eigenvalue weighted by Crippen LogP contribution is 2.37. The van der Waals surface area contributed by atoms with Gasteiger partial charge in [0.25, 0.3) is 0 Å². The molecule has 3 aromatic heterocycles. The van der Waals surface area contributed by atoms with Gasteiger partial charge in [0.15, 0.2) is 0 Å². The monoisotopic (exact) mass is 336 g/mol. The lowest BCUT2D eigenvalue weighted by molar-refractivity contribution is 0.283. The van der Waals surface area contributed by atoms with Crippen LogP contribution in [0.5, 0.6) is 0 Å². The lowest BCUT2D eigenvalue weighted by Gasteiger charge is -2.21. The van der Waals surface area contributed by atoms with Crippen molar-refractivity contribution in [1.29, 1.82) is 5.26 Å². The summed E-state index contributed by atoms with van der Waals surface area (Å²) in [5.74, 6) is 0.512. The molecule has 1 atom stereocenters. The van der Waals surface area contributed by atoms with Crippen molar-refractivity contribution in [3.8, 4) is 17.3 Å². The minimum Gasteiger partial charge on any atom is -0.392 e. The van der Waals surface area contributed by atoms with Gasteiger partial charge in [0.1, 0.15) is 12.0 Å². The number of hydrogen-bond donors (Lipinski definition) is 2. The van der Waals surface area contributed by atoms with Crippen molar-refractivity contribution < 1.29 is 5.11 Å². The Morgan fingerprint density at radius 2 is 2.20 bits per heavy atom. The zero-order valence-corrected chi connectivity index (χ0v) is 13.9. The largest absolute Gasteiger partial charge is 0.392 e. The summed E-state index contributed by atoms with van der Waals surface area (Å²) in [5, 5.41) is 24.1. The molecule has 1 saturated carbocycles. The number of nitrogens with one attached hydrogen (secondary N) is 1. The Morgan fingerprint density at radius 1 is 1.36 bits per heavy atom. The second-order valence-corrected chi connectivity index (χ2v) is 6.60. The predicted octanol–water partition coefficient (Wildman–Crippen LogP) is 2.96. The number of nitriles is 1. The first-order valence-corrected chi connectivity index (χ1v) is 8.65. The van der Waals surface area contributed by atoms with Crippen molar-refractivity contribution in [2.75, 3.05) is 0 Å². The van der Waals surface area contributed by atoms with E-state index >= 15 is 0 Å². The van der Waals surface area contributed by atoms with Crippen molar-refractivity contribution in [2.24, 2.45) is 5.92 Å². The van der Waals surface area contributed by atoms with Crippen LogP contribution in [-0.4, -0.2) is 29.8 Å². The topological polar surface area (TPSA) is 103 Å². The number of aromatic nitrogens is 5. The molecule has 0 aromatic carbocycles. The minimum atomic E-state index is -0.0758. The molecular formula is C18H20N6O. The molecule has 1 fully saturated rings. The van der Waals surface area contributed by atoms with Gasteiger partial charge in [0.05, 0.1) is 42.4 Å². The van der Waals surface area contributed by atoms with Gasteiger partial charge in [0, 0.05) is 23.5 Å². The molecule has 2 N–H and O–H groups in total. The summed E-state index contributed by atoms with van der Waals surface area (Å²) in [6.07, 6.45) is 12.3. The molecule has 3 heterocycles. The Morgan fingerprint density at radius 3 is 2.96 bits per heavy atom. The van der Waals surface area contributed by atoms with Crippen LogP contribution in [-0.2, 0) is 6.61 Å². The van der Waals surface area contributed by atoms with Crippen molar-refractivity contribution in [3.05, 3.63) is 30.5 Å². The minimum absolute atomic E-state index is 0.0758. The van der Waals surface area contributed by atoms with Crippen LogP contribution in [0.4, 0.5) is 0 Å². The molecule has 1 aliphatic rings. The Labute approximate surface area is 145 Å². The van der Waals surface area contributed by atoms with Crippen LogP contribution in [0.3, 0.4) is 0 Å².